The standard InChI is InChI=1S/C12H23NO3/c1-10(11(14)15)8-13(2)9-12(16)6-4-3-5-7-12/h10,16H,3-9H2,1-2H3,(H,14,15). The van der Waals surface area contributed by atoms with Crippen LogP contribution in [0.4, 0.5) is 0 Å². The van der Waals surface area contributed by atoms with Crippen molar-refractivity contribution in [2.45, 2.75) is 44.6 Å². The highest BCUT2D eigenvalue weighted by molar-refractivity contribution is 5.69. The van der Waals surface area contributed by atoms with E-state index in [1.807, 2.05) is 11.9 Å². The lowest BCUT2D eigenvalue weighted by Crippen LogP contribution is -2.44. The van der Waals surface area contributed by atoms with Gasteiger partial charge in [-0.1, -0.05) is 26.2 Å². The smallest absolute Gasteiger partial charge is 0.307 e. The van der Waals surface area contributed by atoms with Crippen molar-refractivity contribution in [3.05, 3.63) is 0 Å². The van der Waals surface area contributed by atoms with Gasteiger partial charge in [0.25, 0.3) is 0 Å². The molecule has 1 atom stereocenters. The first-order chi connectivity index (χ1) is 7.43. The zero-order chi connectivity index (χ0) is 12.2. The molecule has 94 valence electrons. The molecule has 1 unspecified atom stereocenters. The third kappa shape index (κ3) is 4.10. The molecule has 4 nitrogen and oxygen atoms in total. The van der Waals surface area contributed by atoms with E-state index in [-0.39, 0.29) is 5.92 Å². The van der Waals surface area contributed by atoms with Crippen molar-refractivity contribution in [1.29, 1.82) is 0 Å². The Kier molecular flexibility index (Phi) is 4.74. The molecule has 1 rings (SSSR count). The maximum absolute atomic E-state index is 10.7. The van der Waals surface area contributed by atoms with Crippen LogP contribution in [0.15, 0.2) is 0 Å². The molecule has 0 aromatic rings. The summed E-state index contributed by atoms with van der Waals surface area (Å²) in [5, 5.41) is 19.1. The minimum atomic E-state index is -0.775. The van der Waals surface area contributed by atoms with Crippen LogP contribution in [0.1, 0.15) is 39.0 Å². The van der Waals surface area contributed by atoms with Gasteiger partial charge in [0.05, 0.1) is 11.5 Å². The number of likely N-dealkylation sites (N-methyl/N-ethyl adjacent to an activating group) is 1. The fourth-order valence-electron chi connectivity index (χ4n) is 2.48. The molecule has 4 heteroatoms. The number of hydrogen-bond acceptors (Lipinski definition) is 3. The number of carboxylic acid groups (broad SMARTS) is 1. The first kappa shape index (κ1) is 13.5. The minimum absolute atomic E-state index is 0.378. The van der Waals surface area contributed by atoms with Crippen molar-refractivity contribution in [3.8, 4) is 0 Å². The predicted molar refractivity (Wildman–Crippen MR) is 62.3 cm³/mol. The summed E-state index contributed by atoms with van der Waals surface area (Å²) in [6.07, 6.45) is 5.06. The van der Waals surface area contributed by atoms with Crippen LogP contribution in [0.5, 0.6) is 0 Å². The molecule has 0 saturated heterocycles. The molecule has 1 saturated carbocycles. The van der Waals surface area contributed by atoms with E-state index in [1.54, 1.807) is 6.92 Å². The van der Waals surface area contributed by atoms with E-state index in [1.165, 1.54) is 6.42 Å². The Hall–Kier alpha value is -0.610. The summed E-state index contributed by atoms with van der Waals surface area (Å²) in [7, 11) is 1.88. The highest BCUT2D eigenvalue weighted by Crippen LogP contribution is 2.28. The number of carboxylic acids is 1. The van der Waals surface area contributed by atoms with Crippen LogP contribution in [0, 0.1) is 5.92 Å². The van der Waals surface area contributed by atoms with Gasteiger partial charge in [0.2, 0.25) is 0 Å². The third-order valence-electron chi connectivity index (χ3n) is 3.36. The van der Waals surface area contributed by atoms with Crippen molar-refractivity contribution in [2.24, 2.45) is 5.92 Å². The number of aliphatic hydroxyl groups is 1. The summed E-state index contributed by atoms with van der Waals surface area (Å²) in [4.78, 5) is 12.7. The number of carbonyl (C=O) groups is 1. The Labute approximate surface area is 97.3 Å². The normalized spacial score (nSPS) is 22.0. The molecule has 1 fully saturated rings. The maximum Gasteiger partial charge on any atom is 0.307 e. The molecule has 1 aliphatic rings. The summed E-state index contributed by atoms with van der Waals surface area (Å²) in [6.45, 7) is 2.78. The Balaban J connectivity index is 2.37. The second-order valence-corrected chi connectivity index (χ2v) is 5.22. The maximum atomic E-state index is 10.7. The van der Waals surface area contributed by atoms with Crippen LogP contribution in [-0.4, -0.2) is 46.8 Å². The molecule has 1 aliphatic carbocycles. The Bertz CT molecular complexity index is 236. The third-order valence-corrected chi connectivity index (χ3v) is 3.36. The quantitative estimate of drug-likeness (QED) is 0.746. The van der Waals surface area contributed by atoms with Gasteiger partial charge in [0, 0.05) is 13.1 Å². The minimum Gasteiger partial charge on any atom is -0.481 e. The van der Waals surface area contributed by atoms with Gasteiger partial charge < -0.3 is 15.1 Å². The van der Waals surface area contributed by atoms with E-state index >= 15 is 0 Å². The average molecular weight is 229 g/mol. The van der Waals surface area contributed by atoms with Gasteiger partial charge in [-0.15, -0.1) is 0 Å². The Morgan fingerprint density at radius 2 is 1.94 bits per heavy atom. The van der Waals surface area contributed by atoms with Gasteiger partial charge >= 0.3 is 5.97 Å². The lowest BCUT2D eigenvalue weighted by Gasteiger charge is -2.36. The van der Waals surface area contributed by atoms with E-state index in [0.717, 1.165) is 25.7 Å². The highest BCUT2D eigenvalue weighted by atomic mass is 16.4. The molecule has 0 radical (unpaired) electrons. The van der Waals surface area contributed by atoms with Crippen LogP contribution in [0.3, 0.4) is 0 Å². The van der Waals surface area contributed by atoms with Gasteiger partial charge in [-0.05, 0) is 19.9 Å². The Morgan fingerprint density at radius 3 is 2.44 bits per heavy atom. The lowest BCUT2D eigenvalue weighted by molar-refractivity contribution is -0.142. The van der Waals surface area contributed by atoms with Crippen molar-refractivity contribution in [1.82, 2.24) is 4.90 Å². The number of aliphatic carboxylic acids is 1. The van der Waals surface area contributed by atoms with Crippen molar-refractivity contribution in [2.75, 3.05) is 20.1 Å². The SMILES string of the molecule is CC(CN(C)CC1(O)CCCCC1)C(=O)O. The van der Waals surface area contributed by atoms with Crippen molar-refractivity contribution in [3.63, 3.8) is 0 Å². The molecule has 16 heavy (non-hydrogen) atoms. The molecule has 2 N–H and O–H groups in total. The second kappa shape index (κ2) is 5.64. The molecule has 0 spiro atoms. The molecule has 0 aromatic carbocycles. The molecule has 0 amide bonds. The first-order valence-electron chi connectivity index (χ1n) is 6.07. The van der Waals surface area contributed by atoms with Gasteiger partial charge in [-0.25, -0.2) is 0 Å². The van der Waals surface area contributed by atoms with Crippen LogP contribution < -0.4 is 0 Å². The van der Waals surface area contributed by atoms with Gasteiger partial charge in [0.15, 0.2) is 0 Å². The highest BCUT2D eigenvalue weighted by Gasteiger charge is 2.30. The second-order valence-electron chi connectivity index (χ2n) is 5.22. The van der Waals surface area contributed by atoms with Crippen molar-refractivity contribution >= 4 is 5.97 Å². The van der Waals surface area contributed by atoms with E-state index in [2.05, 4.69) is 0 Å². The number of rotatable bonds is 5. The largest absolute Gasteiger partial charge is 0.481 e. The van der Waals surface area contributed by atoms with Crippen LogP contribution >= 0.6 is 0 Å². The average Bonchev–Trinajstić information content (AvgIpc) is 2.17. The van der Waals surface area contributed by atoms with E-state index in [9.17, 15) is 9.90 Å². The summed E-state index contributed by atoms with van der Waals surface area (Å²) in [5.41, 5.74) is -0.592. The van der Waals surface area contributed by atoms with E-state index in [0.29, 0.717) is 13.1 Å². The molecule has 0 aliphatic heterocycles. The van der Waals surface area contributed by atoms with Crippen molar-refractivity contribution < 1.29 is 15.0 Å². The first-order valence-corrected chi connectivity index (χ1v) is 6.07. The molecule has 0 aromatic heterocycles. The predicted octanol–water partition coefficient (Wildman–Crippen LogP) is 1.33. The summed E-state index contributed by atoms with van der Waals surface area (Å²) in [6, 6.07) is 0. The molecule has 0 heterocycles. The van der Waals surface area contributed by atoms with Crippen LogP contribution in [-0.2, 0) is 4.79 Å². The summed E-state index contributed by atoms with van der Waals surface area (Å²) < 4.78 is 0. The Morgan fingerprint density at radius 1 is 1.38 bits per heavy atom. The van der Waals surface area contributed by atoms with E-state index < -0.39 is 11.6 Å². The summed E-state index contributed by atoms with van der Waals surface area (Å²) in [5.74, 6) is -1.15. The molecular weight excluding hydrogens is 206 g/mol. The lowest BCUT2D eigenvalue weighted by atomic mass is 9.84. The number of nitrogens with zero attached hydrogens (tertiary/aromatic N) is 1. The molecule has 0 bridgehead atoms. The molecular formula is C12H23NO3. The van der Waals surface area contributed by atoms with Gasteiger partial charge in [-0.2, -0.15) is 0 Å². The monoisotopic (exact) mass is 229 g/mol. The topological polar surface area (TPSA) is 60.8 Å². The fraction of sp³-hybridized carbons (Fsp3) is 0.917. The zero-order valence-corrected chi connectivity index (χ0v) is 10.3. The zero-order valence-electron chi connectivity index (χ0n) is 10.3. The van der Waals surface area contributed by atoms with Gasteiger partial charge in [-0.3, -0.25) is 4.79 Å². The number of hydrogen-bond donors (Lipinski definition) is 2. The van der Waals surface area contributed by atoms with Crippen LogP contribution in [0.2, 0.25) is 0 Å². The fourth-order valence-corrected chi connectivity index (χ4v) is 2.48. The van der Waals surface area contributed by atoms with Gasteiger partial charge in [0.1, 0.15) is 0 Å². The summed E-state index contributed by atoms with van der Waals surface area (Å²) >= 11 is 0. The van der Waals surface area contributed by atoms with E-state index in [4.69, 9.17) is 5.11 Å². The van der Waals surface area contributed by atoms with Crippen LogP contribution in [0.25, 0.3) is 0 Å².